The van der Waals surface area contributed by atoms with E-state index in [9.17, 15) is 8.42 Å². The third kappa shape index (κ3) is 3.00. The molecule has 0 bridgehead atoms. The molecular formula is C13H18N4O2S. The molecule has 0 amide bonds. The molecule has 7 heteroatoms. The minimum atomic E-state index is -3.64. The third-order valence-electron chi connectivity index (χ3n) is 2.90. The van der Waals surface area contributed by atoms with Gasteiger partial charge in [0, 0.05) is 6.54 Å². The summed E-state index contributed by atoms with van der Waals surface area (Å²) in [6.07, 6.45) is 3.24. The van der Waals surface area contributed by atoms with Gasteiger partial charge in [-0.05, 0) is 37.6 Å². The molecule has 0 unspecified atom stereocenters. The number of sulfonamides is 1. The fraction of sp³-hybridized carbons (Fsp3) is 0.308. The number of aryl methyl sites for hydroxylation is 1. The lowest BCUT2D eigenvalue weighted by Crippen LogP contribution is -2.33. The Hall–Kier alpha value is -1.86. The monoisotopic (exact) mass is 294 g/mol. The van der Waals surface area contributed by atoms with E-state index >= 15 is 0 Å². The lowest BCUT2D eigenvalue weighted by atomic mass is 10.2. The quantitative estimate of drug-likeness (QED) is 0.839. The molecule has 3 N–H and O–H groups in total. The smallest absolute Gasteiger partial charge is 0.281 e. The molecule has 0 saturated carbocycles. The molecule has 0 aliphatic heterocycles. The predicted molar refractivity (Wildman–Crippen MR) is 78.0 cm³/mol. The summed E-state index contributed by atoms with van der Waals surface area (Å²) in [4.78, 5) is 6.42. The zero-order valence-corrected chi connectivity index (χ0v) is 12.1. The number of imidazole rings is 1. The molecule has 20 heavy (non-hydrogen) atoms. The Kier molecular flexibility index (Phi) is 4.41. The molecule has 2 aromatic rings. The van der Waals surface area contributed by atoms with Crippen LogP contribution in [0.4, 0.5) is 5.69 Å². The van der Waals surface area contributed by atoms with E-state index in [-0.39, 0.29) is 5.03 Å². The van der Waals surface area contributed by atoms with E-state index in [1.165, 1.54) is 16.8 Å². The van der Waals surface area contributed by atoms with Gasteiger partial charge in [0.1, 0.15) is 0 Å². The van der Waals surface area contributed by atoms with Crippen LogP contribution in [0.5, 0.6) is 0 Å². The molecule has 0 aliphatic rings. The number of aromatic amines is 1. The SMILES string of the molecule is Cc1cccc(N(CCCN)S(=O)(=O)c2cnc[nH]2)c1. The summed E-state index contributed by atoms with van der Waals surface area (Å²) in [5, 5.41) is 0.0797. The summed E-state index contributed by atoms with van der Waals surface area (Å²) >= 11 is 0. The maximum absolute atomic E-state index is 12.6. The topological polar surface area (TPSA) is 92.1 Å². The van der Waals surface area contributed by atoms with Gasteiger partial charge in [0.2, 0.25) is 0 Å². The van der Waals surface area contributed by atoms with Gasteiger partial charge in [0.05, 0.1) is 18.2 Å². The van der Waals surface area contributed by atoms with Crippen molar-refractivity contribution in [3.63, 3.8) is 0 Å². The largest absolute Gasteiger partial charge is 0.334 e. The molecule has 0 fully saturated rings. The van der Waals surface area contributed by atoms with Crippen molar-refractivity contribution in [2.75, 3.05) is 17.4 Å². The van der Waals surface area contributed by atoms with Crippen LogP contribution in [-0.4, -0.2) is 31.5 Å². The molecule has 0 radical (unpaired) electrons. The first kappa shape index (κ1) is 14.5. The number of H-pyrrole nitrogens is 1. The predicted octanol–water partition coefficient (Wildman–Crippen LogP) is 1.26. The zero-order valence-electron chi connectivity index (χ0n) is 11.3. The Labute approximate surface area is 118 Å². The minimum Gasteiger partial charge on any atom is -0.334 e. The van der Waals surface area contributed by atoms with E-state index in [0.29, 0.717) is 25.2 Å². The number of benzene rings is 1. The van der Waals surface area contributed by atoms with Crippen LogP contribution in [0.3, 0.4) is 0 Å². The molecule has 0 atom stereocenters. The van der Waals surface area contributed by atoms with Gasteiger partial charge >= 0.3 is 0 Å². The molecule has 1 heterocycles. The van der Waals surface area contributed by atoms with E-state index in [1.54, 1.807) is 6.07 Å². The van der Waals surface area contributed by atoms with Gasteiger partial charge in [-0.15, -0.1) is 0 Å². The second kappa shape index (κ2) is 6.06. The number of aromatic nitrogens is 2. The summed E-state index contributed by atoms with van der Waals surface area (Å²) in [6, 6.07) is 7.37. The van der Waals surface area contributed by atoms with Crippen molar-refractivity contribution >= 4 is 15.7 Å². The van der Waals surface area contributed by atoms with Crippen molar-refractivity contribution in [3.05, 3.63) is 42.4 Å². The Balaban J connectivity index is 2.43. The normalized spacial score (nSPS) is 11.5. The Morgan fingerprint density at radius 3 is 2.80 bits per heavy atom. The summed E-state index contributed by atoms with van der Waals surface area (Å²) in [7, 11) is -3.64. The molecular weight excluding hydrogens is 276 g/mol. The van der Waals surface area contributed by atoms with Gasteiger partial charge in [-0.1, -0.05) is 12.1 Å². The van der Waals surface area contributed by atoms with Gasteiger partial charge in [-0.2, -0.15) is 8.42 Å². The summed E-state index contributed by atoms with van der Waals surface area (Å²) in [6.45, 7) is 2.69. The molecule has 6 nitrogen and oxygen atoms in total. The van der Waals surface area contributed by atoms with Crippen molar-refractivity contribution in [3.8, 4) is 0 Å². The van der Waals surface area contributed by atoms with Crippen molar-refractivity contribution in [1.29, 1.82) is 0 Å². The number of rotatable bonds is 6. The molecule has 108 valence electrons. The number of nitrogens with two attached hydrogens (primary N) is 1. The molecule has 1 aromatic heterocycles. The first-order valence-corrected chi connectivity index (χ1v) is 7.77. The number of anilines is 1. The lowest BCUT2D eigenvalue weighted by Gasteiger charge is -2.23. The average Bonchev–Trinajstić information content (AvgIpc) is 2.93. The average molecular weight is 294 g/mol. The second-order valence-corrected chi connectivity index (χ2v) is 6.30. The molecule has 1 aromatic carbocycles. The van der Waals surface area contributed by atoms with Crippen LogP contribution in [0.2, 0.25) is 0 Å². The van der Waals surface area contributed by atoms with E-state index in [2.05, 4.69) is 9.97 Å². The number of hydrogen-bond acceptors (Lipinski definition) is 4. The highest BCUT2D eigenvalue weighted by Crippen LogP contribution is 2.23. The van der Waals surface area contributed by atoms with E-state index in [0.717, 1.165) is 5.56 Å². The van der Waals surface area contributed by atoms with Crippen molar-refractivity contribution in [2.45, 2.75) is 18.4 Å². The molecule has 0 saturated heterocycles. The van der Waals surface area contributed by atoms with Crippen molar-refractivity contribution in [2.24, 2.45) is 5.73 Å². The first-order valence-electron chi connectivity index (χ1n) is 6.33. The van der Waals surface area contributed by atoms with Gasteiger partial charge in [-0.25, -0.2) is 4.98 Å². The summed E-state index contributed by atoms with van der Waals surface area (Å²) in [5.74, 6) is 0. The van der Waals surface area contributed by atoms with Crippen LogP contribution >= 0.6 is 0 Å². The van der Waals surface area contributed by atoms with Gasteiger partial charge in [-0.3, -0.25) is 4.31 Å². The Morgan fingerprint density at radius 2 is 2.20 bits per heavy atom. The third-order valence-corrected chi connectivity index (χ3v) is 4.65. The van der Waals surface area contributed by atoms with E-state index in [4.69, 9.17) is 5.73 Å². The highest BCUT2D eigenvalue weighted by Gasteiger charge is 2.25. The Bertz CT molecular complexity index is 653. The van der Waals surface area contributed by atoms with Crippen LogP contribution in [0.25, 0.3) is 0 Å². The van der Waals surface area contributed by atoms with Gasteiger partial charge in [0.25, 0.3) is 10.0 Å². The van der Waals surface area contributed by atoms with Crippen LogP contribution in [0, 0.1) is 6.92 Å². The van der Waals surface area contributed by atoms with Crippen molar-refractivity contribution in [1.82, 2.24) is 9.97 Å². The highest BCUT2D eigenvalue weighted by molar-refractivity contribution is 7.92. The number of hydrogen-bond donors (Lipinski definition) is 2. The van der Waals surface area contributed by atoms with E-state index in [1.807, 2.05) is 25.1 Å². The number of nitrogens with one attached hydrogen (secondary N) is 1. The minimum absolute atomic E-state index is 0.0797. The molecule has 0 aliphatic carbocycles. The number of nitrogens with zero attached hydrogens (tertiary/aromatic N) is 2. The van der Waals surface area contributed by atoms with Gasteiger partial charge < -0.3 is 10.7 Å². The zero-order chi connectivity index (χ0) is 14.6. The standard InChI is InChI=1S/C13H18N4O2S/c1-11-4-2-5-12(8-11)17(7-3-6-14)20(18,19)13-9-15-10-16-13/h2,4-5,8-10H,3,6-7,14H2,1H3,(H,15,16). The first-order chi connectivity index (χ1) is 9.55. The Morgan fingerprint density at radius 1 is 1.40 bits per heavy atom. The summed E-state index contributed by atoms with van der Waals surface area (Å²) < 4.78 is 26.6. The fourth-order valence-electron chi connectivity index (χ4n) is 1.91. The van der Waals surface area contributed by atoms with Crippen LogP contribution < -0.4 is 10.0 Å². The van der Waals surface area contributed by atoms with Gasteiger partial charge in [0.15, 0.2) is 5.03 Å². The lowest BCUT2D eigenvalue weighted by molar-refractivity contribution is 0.586. The highest BCUT2D eigenvalue weighted by atomic mass is 32.2. The second-order valence-electron chi connectivity index (χ2n) is 4.47. The van der Waals surface area contributed by atoms with Crippen LogP contribution in [-0.2, 0) is 10.0 Å². The fourth-order valence-corrected chi connectivity index (χ4v) is 3.30. The van der Waals surface area contributed by atoms with Crippen molar-refractivity contribution < 1.29 is 8.42 Å². The van der Waals surface area contributed by atoms with E-state index < -0.39 is 10.0 Å². The summed E-state index contributed by atoms with van der Waals surface area (Å²) in [5.41, 5.74) is 7.14. The molecule has 0 spiro atoms. The van der Waals surface area contributed by atoms with Crippen LogP contribution in [0.15, 0.2) is 41.8 Å². The molecule has 2 rings (SSSR count). The maximum atomic E-state index is 12.6. The maximum Gasteiger partial charge on any atom is 0.281 e. The van der Waals surface area contributed by atoms with Crippen LogP contribution in [0.1, 0.15) is 12.0 Å².